The molecule has 0 bridgehead atoms. The van der Waals surface area contributed by atoms with Crippen LogP contribution in [0.3, 0.4) is 0 Å². The van der Waals surface area contributed by atoms with Crippen molar-refractivity contribution in [2.45, 2.75) is 57.4 Å². The summed E-state index contributed by atoms with van der Waals surface area (Å²) in [5, 5.41) is 7.12. The number of alkyl halides is 3. The molecule has 1 amide bonds. The Balaban J connectivity index is 0.000000383. The monoisotopic (exact) mass is 470 g/mol. The number of hydrogen-bond acceptors (Lipinski definition) is 5. The molecule has 33 heavy (non-hydrogen) atoms. The zero-order valence-corrected chi connectivity index (χ0v) is 18.4. The van der Waals surface area contributed by atoms with Gasteiger partial charge in [-0.1, -0.05) is 12.1 Å². The van der Waals surface area contributed by atoms with Crippen molar-refractivity contribution in [3.63, 3.8) is 0 Å². The highest BCUT2D eigenvalue weighted by atomic mass is 19.4. The lowest BCUT2D eigenvalue weighted by atomic mass is 9.73. The lowest BCUT2D eigenvalue weighted by Gasteiger charge is -2.50. The number of ether oxygens (including phenoxy) is 2. The predicted octanol–water partition coefficient (Wildman–Crippen LogP) is 3.74. The number of allylic oxidation sites excluding steroid dienone is 1. The summed E-state index contributed by atoms with van der Waals surface area (Å²) in [6.45, 7) is 3.50. The highest BCUT2D eigenvalue weighted by Gasteiger charge is 2.47. The molecule has 3 aliphatic rings. The maximum absolute atomic E-state index is 12.9. The van der Waals surface area contributed by atoms with E-state index in [9.17, 15) is 18.0 Å². The number of pyridine rings is 1. The molecular weight excluding hydrogens is 441 g/mol. The largest absolute Gasteiger partial charge is 0.490 e. The Morgan fingerprint density at radius 3 is 2.73 bits per heavy atom. The first-order valence-electron chi connectivity index (χ1n) is 11.1. The summed E-state index contributed by atoms with van der Waals surface area (Å²) in [5.74, 6) is -2.52. The number of nitrogens with zero attached hydrogens (tertiary/aromatic N) is 2. The molecule has 2 atom stereocenters. The number of aromatic nitrogens is 1. The van der Waals surface area contributed by atoms with Crippen LogP contribution in [0.4, 0.5) is 13.2 Å². The Kier molecular flexibility index (Phi) is 8.47. The molecule has 7 nitrogen and oxygen atoms in total. The second-order valence-corrected chi connectivity index (χ2v) is 8.58. The summed E-state index contributed by atoms with van der Waals surface area (Å²) in [4.78, 5) is 28.2. The van der Waals surface area contributed by atoms with E-state index in [0.717, 1.165) is 69.5 Å². The van der Waals surface area contributed by atoms with Gasteiger partial charge in [0.1, 0.15) is 0 Å². The summed E-state index contributed by atoms with van der Waals surface area (Å²) in [6.07, 6.45) is 5.11. The van der Waals surface area contributed by atoms with E-state index in [-0.39, 0.29) is 17.4 Å². The first-order chi connectivity index (χ1) is 15.7. The number of carboxylic acid groups (broad SMARTS) is 1. The van der Waals surface area contributed by atoms with E-state index in [0.29, 0.717) is 13.2 Å². The van der Waals surface area contributed by atoms with Crippen LogP contribution in [0, 0.1) is 5.41 Å². The molecule has 2 unspecified atom stereocenters. The third-order valence-corrected chi connectivity index (χ3v) is 6.20. The van der Waals surface area contributed by atoms with Gasteiger partial charge in [0.15, 0.2) is 0 Å². The van der Waals surface area contributed by atoms with Gasteiger partial charge in [-0.15, -0.1) is 0 Å². The number of carbonyl (C=O) groups is 2. The topological polar surface area (TPSA) is 89.0 Å². The minimum Gasteiger partial charge on any atom is -0.475 e. The highest BCUT2D eigenvalue weighted by Crippen LogP contribution is 2.41. The number of carbonyl (C=O) groups excluding carboxylic acids is 1. The number of piperidine rings is 1. The van der Waals surface area contributed by atoms with Crippen molar-refractivity contribution in [3.8, 4) is 0 Å². The molecular formula is C23H29F3N2O5. The van der Waals surface area contributed by atoms with E-state index in [1.54, 1.807) is 6.20 Å². The third kappa shape index (κ3) is 6.77. The lowest BCUT2D eigenvalue weighted by Crippen LogP contribution is -2.58. The van der Waals surface area contributed by atoms with Crippen LogP contribution >= 0.6 is 0 Å². The van der Waals surface area contributed by atoms with Gasteiger partial charge in [-0.05, 0) is 50.7 Å². The molecule has 0 aromatic carbocycles. The predicted molar refractivity (Wildman–Crippen MR) is 112 cm³/mol. The van der Waals surface area contributed by atoms with Crippen LogP contribution in [0.15, 0.2) is 36.0 Å². The molecule has 3 heterocycles. The van der Waals surface area contributed by atoms with Gasteiger partial charge >= 0.3 is 12.1 Å². The quantitative estimate of drug-likeness (QED) is 0.705. The van der Waals surface area contributed by atoms with E-state index >= 15 is 0 Å². The van der Waals surface area contributed by atoms with E-state index in [1.807, 2.05) is 23.1 Å². The Hall–Kier alpha value is -2.46. The number of halogens is 3. The summed E-state index contributed by atoms with van der Waals surface area (Å²) in [5.41, 5.74) is 1.86. The number of likely N-dealkylation sites (tertiary alicyclic amines) is 1. The Bertz CT molecular complexity index is 846. The fourth-order valence-electron chi connectivity index (χ4n) is 4.58. The fraction of sp³-hybridized carbons (Fsp3) is 0.609. The normalized spacial score (nSPS) is 24.9. The molecule has 10 heteroatoms. The lowest BCUT2D eigenvalue weighted by molar-refractivity contribution is -0.192. The summed E-state index contributed by atoms with van der Waals surface area (Å²) < 4.78 is 43.9. The van der Waals surface area contributed by atoms with Crippen molar-refractivity contribution in [1.82, 2.24) is 9.88 Å². The summed E-state index contributed by atoms with van der Waals surface area (Å²) >= 11 is 0. The van der Waals surface area contributed by atoms with Gasteiger partial charge < -0.3 is 19.5 Å². The van der Waals surface area contributed by atoms with E-state index in [2.05, 4.69) is 11.1 Å². The summed E-state index contributed by atoms with van der Waals surface area (Å²) in [7, 11) is 0. The molecule has 0 spiro atoms. The first kappa shape index (κ1) is 25.2. The minimum atomic E-state index is -5.08. The van der Waals surface area contributed by atoms with Gasteiger partial charge in [0.2, 0.25) is 5.91 Å². The number of hydrogen-bond donors (Lipinski definition) is 1. The number of carboxylic acids is 1. The Morgan fingerprint density at radius 1 is 1.30 bits per heavy atom. The molecule has 1 aromatic rings. The van der Waals surface area contributed by atoms with Crippen molar-refractivity contribution < 1.29 is 37.3 Å². The fourth-order valence-corrected chi connectivity index (χ4v) is 4.58. The average molecular weight is 470 g/mol. The van der Waals surface area contributed by atoms with E-state index in [4.69, 9.17) is 19.4 Å². The number of rotatable bonds is 5. The molecule has 1 aliphatic carbocycles. The zero-order chi connectivity index (χ0) is 23.9. The first-order valence-corrected chi connectivity index (χ1v) is 11.1. The van der Waals surface area contributed by atoms with Crippen LogP contribution in [0.5, 0.6) is 0 Å². The molecule has 0 saturated carbocycles. The van der Waals surface area contributed by atoms with Crippen LogP contribution in [0.2, 0.25) is 0 Å². The van der Waals surface area contributed by atoms with Crippen molar-refractivity contribution in [3.05, 3.63) is 41.7 Å². The molecule has 2 aliphatic heterocycles. The Morgan fingerprint density at radius 2 is 2.09 bits per heavy atom. The van der Waals surface area contributed by atoms with Crippen LogP contribution in [0.1, 0.15) is 44.2 Å². The van der Waals surface area contributed by atoms with E-state index < -0.39 is 12.1 Å². The smallest absolute Gasteiger partial charge is 0.475 e. The number of aliphatic carboxylic acids is 1. The molecule has 2 saturated heterocycles. The molecule has 1 N–H and O–H groups in total. The third-order valence-electron chi connectivity index (χ3n) is 6.20. The maximum Gasteiger partial charge on any atom is 0.490 e. The Labute approximate surface area is 190 Å². The second kappa shape index (κ2) is 11.1. The van der Waals surface area contributed by atoms with Gasteiger partial charge in [-0.2, -0.15) is 13.2 Å². The summed E-state index contributed by atoms with van der Waals surface area (Å²) in [6, 6.07) is 5.87. The van der Waals surface area contributed by atoms with Gasteiger partial charge in [0, 0.05) is 36.9 Å². The minimum absolute atomic E-state index is 0.0832. The SMILES string of the molecule is O=C(C1=CCCC1)N1CCC2OCCCC2(COCc2ccccn2)C1.O=C(O)C(F)(F)F. The van der Waals surface area contributed by atoms with Crippen LogP contribution in [-0.4, -0.2) is 65.5 Å². The van der Waals surface area contributed by atoms with Gasteiger partial charge in [-0.3, -0.25) is 9.78 Å². The van der Waals surface area contributed by atoms with Crippen molar-refractivity contribution in [2.24, 2.45) is 5.41 Å². The molecule has 0 radical (unpaired) electrons. The number of amides is 1. The zero-order valence-electron chi connectivity index (χ0n) is 18.4. The van der Waals surface area contributed by atoms with Gasteiger partial charge in [0.05, 0.1) is 25.0 Å². The van der Waals surface area contributed by atoms with Crippen molar-refractivity contribution in [2.75, 3.05) is 26.3 Å². The van der Waals surface area contributed by atoms with Crippen molar-refractivity contribution >= 4 is 11.9 Å². The maximum atomic E-state index is 12.9. The van der Waals surface area contributed by atoms with Crippen molar-refractivity contribution in [1.29, 1.82) is 0 Å². The highest BCUT2D eigenvalue weighted by molar-refractivity contribution is 5.93. The molecule has 1 aromatic heterocycles. The van der Waals surface area contributed by atoms with Gasteiger partial charge in [0.25, 0.3) is 0 Å². The second-order valence-electron chi connectivity index (χ2n) is 8.58. The molecule has 2 fully saturated rings. The van der Waals surface area contributed by atoms with E-state index in [1.165, 1.54) is 0 Å². The number of fused-ring (bicyclic) bond motifs is 1. The molecule has 182 valence electrons. The molecule has 4 rings (SSSR count). The van der Waals surface area contributed by atoms with Gasteiger partial charge in [-0.25, -0.2) is 4.79 Å². The average Bonchev–Trinajstić information content (AvgIpc) is 3.33. The van der Waals surface area contributed by atoms with Crippen LogP contribution < -0.4 is 0 Å². The van der Waals surface area contributed by atoms with Crippen LogP contribution in [0.25, 0.3) is 0 Å². The standard InChI is InChI=1S/C21H28N2O3.C2HF3O2/c24-20(17-6-1-2-7-17)23-12-9-19-21(15-23,10-5-13-26-19)16-25-14-18-8-3-4-11-22-18;3-2(4,5)1(6)7/h3-4,6,8,11,19H,1-2,5,7,9-10,12-16H2;(H,6,7). The van der Waals surface area contributed by atoms with Crippen LogP contribution in [-0.2, 0) is 25.7 Å².